The molecule has 1 amide bonds. The van der Waals surface area contributed by atoms with E-state index in [9.17, 15) is 4.79 Å². The van der Waals surface area contributed by atoms with Gasteiger partial charge in [-0.25, -0.2) is 0 Å². The standard InChI is InChI=1S/C24H25NO3/c1-19(28-23-15-9-14-22(16-23)27-2)24(26)25(17-20-10-5-3-6-11-20)18-21-12-7-4-8-13-21/h3-16,19H,17-18H2,1-2H3/t19-/m0/s1. The van der Waals surface area contributed by atoms with Crippen LogP contribution in [0.2, 0.25) is 0 Å². The van der Waals surface area contributed by atoms with Crippen LogP contribution < -0.4 is 9.47 Å². The van der Waals surface area contributed by atoms with Gasteiger partial charge in [0.2, 0.25) is 0 Å². The first kappa shape index (κ1) is 19.5. The minimum Gasteiger partial charge on any atom is -0.497 e. The van der Waals surface area contributed by atoms with Crippen molar-refractivity contribution in [1.29, 1.82) is 0 Å². The van der Waals surface area contributed by atoms with Crippen molar-refractivity contribution in [2.24, 2.45) is 0 Å². The Labute approximate surface area is 166 Å². The fourth-order valence-electron chi connectivity index (χ4n) is 3.01. The summed E-state index contributed by atoms with van der Waals surface area (Å²) in [6, 6.07) is 27.3. The van der Waals surface area contributed by atoms with Crippen molar-refractivity contribution in [3.05, 3.63) is 96.1 Å². The second-order valence-electron chi connectivity index (χ2n) is 6.60. The van der Waals surface area contributed by atoms with Crippen LogP contribution in [0.5, 0.6) is 11.5 Å². The van der Waals surface area contributed by atoms with Crippen LogP contribution in [-0.4, -0.2) is 24.0 Å². The van der Waals surface area contributed by atoms with E-state index in [4.69, 9.17) is 9.47 Å². The molecule has 3 aromatic carbocycles. The monoisotopic (exact) mass is 375 g/mol. The summed E-state index contributed by atoms with van der Waals surface area (Å²) in [5, 5.41) is 0. The highest BCUT2D eigenvalue weighted by molar-refractivity contribution is 5.81. The van der Waals surface area contributed by atoms with Crippen molar-refractivity contribution < 1.29 is 14.3 Å². The predicted octanol–water partition coefficient (Wildman–Crippen LogP) is 4.69. The summed E-state index contributed by atoms with van der Waals surface area (Å²) >= 11 is 0. The van der Waals surface area contributed by atoms with E-state index in [1.807, 2.05) is 83.8 Å². The molecule has 0 aliphatic rings. The van der Waals surface area contributed by atoms with E-state index in [2.05, 4.69) is 0 Å². The van der Waals surface area contributed by atoms with Gasteiger partial charge in [0.15, 0.2) is 6.10 Å². The summed E-state index contributed by atoms with van der Waals surface area (Å²) in [5.41, 5.74) is 2.17. The highest BCUT2D eigenvalue weighted by Gasteiger charge is 2.23. The van der Waals surface area contributed by atoms with Gasteiger partial charge in [0.25, 0.3) is 5.91 Å². The molecule has 0 heterocycles. The summed E-state index contributed by atoms with van der Waals surface area (Å²) in [6.07, 6.45) is -0.612. The van der Waals surface area contributed by atoms with Gasteiger partial charge in [0, 0.05) is 19.2 Å². The maximum Gasteiger partial charge on any atom is 0.263 e. The number of rotatable bonds is 8. The van der Waals surface area contributed by atoms with E-state index in [1.165, 1.54) is 0 Å². The molecule has 144 valence electrons. The number of carbonyl (C=O) groups is 1. The zero-order valence-electron chi connectivity index (χ0n) is 16.2. The quantitative estimate of drug-likeness (QED) is 0.573. The van der Waals surface area contributed by atoms with Gasteiger partial charge in [0.1, 0.15) is 11.5 Å². The molecule has 0 saturated heterocycles. The van der Waals surface area contributed by atoms with Crippen LogP contribution >= 0.6 is 0 Å². The van der Waals surface area contributed by atoms with Gasteiger partial charge in [-0.15, -0.1) is 0 Å². The summed E-state index contributed by atoms with van der Waals surface area (Å²) in [4.78, 5) is 15.0. The summed E-state index contributed by atoms with van der Waals surface area (Å²) in [7, 11) is 1.61. The Kier molecular flexibility index (Phi) is 6.68. The topological polar surface area (TPSA) is 38.8 Å². The molecule has 3 aromatic rings. The van der Waals surface area contributed by atoms with E-state index < -0.39 is 6.10 Å². The third-order valence-electron chi connectivity index (χ3n) is 4.45. The second-order valence-corrected chi connectivity index (χ2v) is 6.60. The Morgan fingerprint density at radius 2 is 1.36 bits per heavy atom. The van der Waals surface area contributed by atoms with Crippen LogP contribution in [0.4, 0.5) is 0 Å². The first-order valence-electron chi connectivity index (χ1n) is 9.33. The normalized spacial score (nSPS) is 11.5. The average molecular weight is 375 g/mol. The Morgan fingerprint density at radius 3 is 1.89 bits per heavy atom. The van der Waals surface area contributed by atoms with E-state index >= 15 is 0 Å². The number of hydrogen-bond donors (Lipinski definition) is 0. The molecule has 1 atom stereocenters. The maximum absolute atomic E-state index is 13.2. The van der Waals surface area contributed by atoms with Crippen molar-refractivity contribution in [3.8, 4) is 11.5 Å². The number of methoxy groups -OCH3 is 1. The zero-order valence-corrected chi connectivity index (χ0v) is 16.2. The highest BCUT2D eigenvalue weighted by Crippen LogP contribution is 2.21. The number of nitrogens with zero attached hydrogens (tertiary/aromatic N) is 1. The molecule has 0 spiro atoms. The molecule has 0 unspecified atom stereocenters. The Hall–Kier alpha value is -3.27. The van der Waals surface area contributed by atoms with Crippen LogP contribution in [0.25, 0.3) is 0 Å². The van der Waals surface area contributed by atoms with Crippen LogP contribution in [0.15, 0.2) is 84.9 Å². The Bertz CT molecular complexity index is 839. The lowest BCUT2D eigenvalue weighted by Crippen LogP contribution is -2.39. The first-order valence-corrected chi connectivity index (χ1v) is 9.33. The number of amides is 1. The summed E-state index contributed by atoms with van der Waals surface area (Å²) in [6.45, 7) is 2.84. The minimum absolute atomic E-state index is 0.0597. The van der Waals surface area contributed by atoms with Gasteiger partial charge in [-0.1, -0.05) is 66.7 Å². The van der Waals surface area contributed by atoms with E-state index in [0.717, 1.165) is 11.1 Å². The van der Waals surface area contributed by atoms with Crippen LogP contribution in [0.3, 0.4) is 0 Å². The molecule has 0 radical (unpaired) electrons. The van der Waals surface area contributed by atoms with Crippen molar-refractivity contribution in [3.63, 3.8) is 0 Å². The van der Waals surface area contributed by atoms with Crippen molar-refractivity contribution in [1.82, 2.24) is 4.90 Å². The molecular weight excluding hydrogens is 350 g/mol. The van der Waals surface area contributed by atoms with Gasteiger partial charge in [-0.2, -0.15) is 0 Å². The molecule has 4 heteroatoms. The number of hydrogen-bond acceptors (Lipinski definition) is 3. The molecule has 4 nitrogen and oxygen atoms in total. The number of ether oxygens (including phenoxy) is 2. The molecule has 3 rings (SSSR count). The summed E-state index contributed by atoms with van der Waals surface area (Å²) < 4.78 is 11.1. The Balaban J connectivity index is 1.76. The molecule has 0 saturated carbocycles. The van der Waals surface area contributed by atoms with Gasteiger partial charge in [-0.05, 0) is 30.2 Å². The predicted molar refractivity (Wildman–Crippen MR) is 110 cm³/mol. The highest BCUT2D eigenvalue weighted by atomic mass is 16.5. The van der Waals surface area contributed by atoms with Crippen LogP contribution in [0.1, 0.15) is 18.1 Å². The number of benzene rings is 3. The second kappa shape index (κ2) is 9.60. The van der Waals surface area contributed by atoms with Gasteiger partial charge in [0.05, 0.1) is 7.11 Å². The zero-order chi connectivity index (χ0) is 19.8. The third-order valence-corrected chi connectivity index (χ3v) is 4.45. The molecule has 0 aromatic heterocycles. The molecule has 0 aliphatic heterocycles. The lowest BCUT2D eigenvalue weighted by Gasteiger charge is -2.26. The SMILES string of the molecule is COc1cccc(O[C@@H](C)C(=O)N(Cc2ccccc2)Cc2ccccc2)c1. The molecule has 28 heavy (non-hydrogen) atoms. The van der Waals surface area contributed by atoms with Gasteiger partial charge < -0.3 is 14.4 Å². The molecule has 0 fully saturated rings. The third kappa shape index (κ3) is 5.36. The fraction of sp³-hybridized carbons (Fsp3) is 0.208. The lowest BCUT2D eigenvalue weighted by molar-refractivity contribution is -0.139. The van der Waals surface area contributed by atoms with Crippen molar-refractivity contribution >= 4 is 5.91 Å². The molecule has 0 bridgehead atoms. The van der Waals surface area contributed by atoms with Crippen molar-refractivity contribution in [2.45, 2.75) is 26.1 Å². The molecule has 0 N–H and O–H groups in total. The van der Waals surface area contributed by atoms with Gasteiger partial charge >= 0.3 is 0 Å². The van der Waals surface area contributed by atoms with Crippen LogP contribution in [-0.2, 0) is 17.9 Å². The fourth-order valence-corrected chi connectivity index (χ4v) is 3.01. The van der Waals surface area contributed by atoms with Crippen molar-refractivity contribution in [2.75, 3.05) is 7.11 Å². The summed E-state index contributed by atoms with van der Waals surface area (Å²) in [5.74, 6) is 1.25. The molecular formula is C24H25NO3. The lowest BCUT2D eigenvalue weighted by atomic mass is 10.1. The maximum atomic E-state index is 13.2. The largest absolute Gasteiger partial charge is 0.497 e. The smallest absolute Gasteiger partial charge is 0.263 e. The minimum atomic E-state index is -0.612. The van der Waals surface area contributed by atoms with Crippen LogP contribution in [0, 0.1) is 0 Å². The Morgan fingerprint density at radius 1 is 0.821 bits per heavy atom. The van der Waals surface area contributed by atoms with Gasteiger partial charge in [-0.3, -0.25) is 4.79 Å². The molecule has 0 aliphatic carbocycles. The van der Waals surface area contributed by atoms with E-state index in [-0.39, 0.29) is 5.91 Å². The number of carbonyl (C=O) groups excluding carboxylic acids is 1. The first-order chi connectivity index (χ1) is 13.7. The average Bonchev–Trinajstić information content (AvgIpc) is 2.74. The van der Waals surface area contributed by atoms with E-state index in [0.29, 0.717) is 24.6 Å². The van der Waals surface area contributed by atoms with E-state index in [1.54, 1.807) is 20.1 Å².